The molecule has 1 aliphatic carbocycles. The number of hydrogen-bond acceptors (Lipinski definition) is 1. The van der Waals surface area contributed by atoms with Crippen LogP contribution in [0, 0.1) is 5.41 Å². The van der Waals surface area contributed by atoms with E-state index < -0.39 is 0 Å². The van der Waals surface area contributed by atoms with E-state index in [1.165, 1.54) is 64.5 Å². The molecule has 0 radical (unpaired) electrons. The standard InChI is InChI=1S/C12H23N.C2H6/c1-13-10-6-5-9-12(11-13)7-3-2-4-8-12;1-2/h2-11H2,1H3;1-2H3. The molecule has 0 aromatic rings. The van der Waals surface area contributed by atoms with Gasteiger partial charge in [0.05, 0.1) is 0 Å². The van der Waals surface area contributed by atoms with Crippen molar-refractivity contribution in [1.29, 1.82) is 0 Å². The molecule has 2 rings (SSSR count). The molecule has 1 saturated carbocycles. The van der Waals surface area contributed by atoms with Gasteiger partial charge in [-0.05, 0) is 44.7 Å². The third kappa shape index (κ3) is 3.79. The van der Waals surface area contributed by atoms with Crippen LogP contribution in [0.5, 0.6) is 0 Å². The Kier molecular flexibility index (Phi) is 5.66. The highest BCUT2D eigenvalue weighted by atomic mass is 15.1. The molecule has 0 atom stereocenters. The van der Waals surface area contributed by atoms with Gasteiger partial charge in [0.2, 0.25) is 0 Å². The van der Waals surface area contributed by atoms with Crippen molar-refractivity contribution in [1.82, 2.24) is 4.90 Å². The smallest absolute Gasteiger partial charge is 0.00349 e. The van der Waals surface area contributed by atoms with Crippen LogP contribution in [0.25, 0.3) is 0 Å². The highest BCUT2D eigenvalue weighted by molar-refractivity contribution is 4.87. The minimum absolute atomic E-state index is 0.740. The molecule has 0 unspecified atom stereocenters. The summed E-state index contributed by atoms with van der Waals surface area (Å²) in [6, 6.07) is 0. The quantitative estimate of drug-likeness (QED) is 0.583. The fraction of sp³-hybridized carbons (Fsp3) is 1.00. The van der Waals surface area contributed by atoms with Gasteiger partial charge in [-0.15, -0.1) is 0 Å². The summed E-state index contributed by atoms with van der Waals surface area (Å²) in [4.78, 5) is 2.57. The second kappa shape index (κ2) is 6.52. The first-order valence-corrected chi connectivity index (χ1v) is 6.99. The molecule has 15 heavy (non-hydrogen) atoms. The van der Waals surface area contributed by atoms with Gasteiger partial charge in [-0.2, -0.15) is 0 Å². The molecular formula is C14H29N. The van der Waals surface area contributed by atoms with Gasteiger partial charge < -0.3 is 4.90 Å². The van der Waals surface area contributed by atoms with E-state index in [0.717, 1.165) is 5.41 Å². The SMILES string of the molecule is CC.CN1CCCCC2(CCCCC2)C1. The minimum Gasteiger partial charge on any atom is -0.306 e. The molecule has 0 bridgehead atoms. The van der Waals surface area contributed by atoms with E-state index in [1.807, 2.05) is 13.8 Å². The third-order valence-electron chi connectivity index (χ3n) is 4.02. The molecule has 1 aliphatic heterocycles. The predicted octanol–water partition coefficient (Wildman–Crippen LogP) is 4.08. The van der Waals surface area contributed by atoms with E-state index in [-0.39, 0.29) is 0 Å². The van der Waals surface area contributed by atoms with Gasteiger partial charge in [0.25, 0.3) is 0 Å². The average molecular weight is 211 g/mol. The number of nitrogens with zero attached hydrogens (tertiary/aromatic N) is 1. The average Bonchev–Trinajstić information content (AvgIpc) is 2.45. The second-order valence-corrected chi connectivity index (χ2v) is 5.26. The Balaban J connectivity index is 0.000000531. The van der Waals surface area contributed by atoms with Crippen molar-refractivity contribution < 1.29 is 0 Å². The highest BCUT2D eigenvalue weighted by Crippen LogP contribution is 2.42. The first kappa shape index (κ1) is 13.0. The predicted molar refractivity (Wildman–Crippen MR) is 68.2 cm³/mol. The Labute approximate surface area is 96.2 Å². The molecule has 1 saturated heterocycles. The van der Waals surface area contributed by atoms with Gasteiger partial charge in [-0.1, -0.05) is 39.5 Å². The van der Waals surface area contributed by atoms with E-state index in [1.54, 1.807) is 0 Å². The maximum atomic E-state index is 2.57. The van der Waals surface area contributed by atoms with Crippen LogP contribution in [0.4, 0.5) is 0 Å². The van der Waals surface area contributed by atoms with Gasteiger partial charge in [0.15, 0.2) is 0 Å². The van der Waals surface area contributed by atoms with Crippen LogP contribution >= 0.6 is 0 Å². The largest absolute Gasteiger partial charge is 0.306 e. The Morgan fingerprint density at radius 3 is 1.93 bits per heavy atom. The summed E-state index contributed by atoms with van der Waals surface area (Å²) < 4.78 is 0. The summed E-state index contributed by atoms with van der Waals surface area (Å²) >= 11 is 0. The lowest BCUT2D eigenvalue weighted by atomic mass is 9.71. The topological polar surface area (TPSA) is 3.24 Å². The van der Waals surface area contributed by atoms with E-state index in [0.29, 0.717) is 0 Å². The maximum Gasteiger partial charge on any atom is 0.00349 e. The first-order valence-electron chi connectivity index (χ1n) is 6.99. The molecule has 0 N–H and O–H groups in total. The molecular weight excluding hydrogens is 182 g/mol. The van der Waals surface area contributed by atoms with Crippen molar-refractivity contribution >= 4 is 0 Å². The van der Waals surface area contributed by atoms with Crippen LogP contribution in [0.15, 0.2) is 0 Å². The summed E-state index contributed by atoms with van der Waals surface area (Å²) in [7, 11) is 2.31. The third-order valence-corrected chi connectivity index (χ3v) is 4.02. The normalized spacial score (nSPS) is 26.6. The van der Waals surface area contributed by atoms with Crippen LogP contribution in [-0.4, -0.2) is 25.0 Å². The minimum atomic E-state index is 0.740. The monoisotopic (exact) mass is 211 g/mol. The van der Waals surface area contributed by atoms with Crippen molar-refractivity contribution in [2.24, 2.45) is 5.41 Å². The Hall–Kier alpha value is -0.0400. The molecule has 1 nitrogen and oxygen atoms in total. The molecule has 1 heterocycles. The molecule has 90 valence electrons. The van der Waals surface area contributed by atoms with Crippen LogP contribution in [0.2, 0.25) is 0 Å². The lowest BCUT2D eigenvalue weighted by Gasteiger charge is -2.38. The van der Waals surface area contributed by atoms with Gasteiger partial charge in [-0.25, -0.2) is 0 Å². The number of rotatable bonds is 0. The lowest BCUT2D eigenvalue weighted by Crippen LogP contribution is -2.35. The molecule has 2 aliphatic rings. The number of likely N-dealkylation sites (tertiary alicyclic amines) is 1. The van der Waals surface area contributed by atoms with Gasteiger partial charge in [0, 0.05) is 6.54 Å². The molecule has 0 amide bonds. The second-order valence-electron chi connectivity index (χ2n) is 5.26. The van der Waals surface area contributed by atoms with Crippen molar-refractivity contribution in [3.05, 3.63) is 0 Å². The Morgan fingerprint density at radius 1 is 0.800 bits per heavy atom. The molecule has 0 aromatic heterocycles. The fourth-order valence-corrected chi connectivity index (χ4v) is 3.32. The summed E-state index contributed by atoms with van der Waals surface area (Å²) in [6.45, 7) is 6.72. The zero-order valence-electron chi connectivity index (χ0n) is 11.0. The van der Waals surface area contributed by atoms with Crippen LogP contribution in [-0.2, 0) is 0 Å². The zero-order chi connectivity index (χ0) is 11.1. The van der Waals surface area contributed by atoms with Gasteiger partial charge in [0.1, 0.15) is 0 Å². The van der Waals surface area contributed by atoms with Crippen molar-refractivity contribution in [3.8, 4) is 0 Å². The van der Waals surface area contributed by atoms with Gasteiger partial charge >= 0.3 is 0 Å². The zero-order valence-corrected chi connectivity index (χ0v) is 11.0. The molecule has 1 heteroatoms. The Bertz CT molecular complexity index is 159. The molecule has 2 fully saturated rings. The van der Waals surface area contributed by atoms with E-state index >= 15 is 0 Å². The van der Waals surface area contributed by atoms with Crippen LogP contribution in [0.1, 0.15) is 65.2 Å². The molecule has 0 aromatic carbocycles. The lowest BCUT2D eigenvalue weighted by molar-refractivity contribution is 0.128. The van der Waals surface area contributed by atoms with Crippen molar-refractivity contribution in [2.45, 2.75) is 65.2 Å². The van der Waals surface area contributed by atoms with Crippen molar-refractivity contribution in [3.63, 3.8) is 0 Å². The summed E-state index contributed by atoms with van der Waals surface area (Å²) in [5.41, 5.74) is 0.740. The summed E-state index contributed by atoms with van der Waals surface area (Å²) in [6.07, 6.45) is 11.9. The summed E-state index contributed by atoms with van der Waals surface area (Å²) in [5, 5.41) is 0. The maximum absolute atomic E-state index is 2.57. The van der Waals surface area contributed by atoms with E-state index in [2.05, 4.69) is 11.9 Å². The van der Waals surface area contributed by atoms with Crippen LogP contribution < -0.4 is 0 Å². The Morgan fingerprint density at radius 2 is 1.33 bits per heavy atom. The summed E-state index contributed by atoms with van der Waals surface area (Å²) in [5.74, 6) is 0. The van der Waals surface area contributed by atoms with Gasteiger partial charge in [-0.3, -0.25) is 0 Å². The van der Waals surface area contributed by atoms with E-state index in [4.69, 9.17) is 0 Å². The highest BCUT2D eigenvalue weighted by Gasteiger charge is 2.33. The van der Waals surface area contributed by atoms with Crippen LogP contribution in [0.3, 0.4) is 0 Å². The van der Waals surface area contributed by atoms with E-state index in [9.17, 15) is 0 Å². The fourth-order valence-electron chi connectivity index (χ4n) is 3.32. The first-order chi connectivity index (χ1) is 7.31. The molecule has 1 spiro atoms. The van der Waals surface area contributed by atoms with Crippen molar-refractivity contribution in [2.75, 3.05) is 20.1 Å². The number of hydrogen-bond donors (Lipinski definition) is 0.